The Bertz CT molecular complexity index is 1840. The minimum atomic E-state index is -0.791. The minimum absolute atomic E-state index is 0.0734. The number of hydrogen-bond donors (Lipinski definition) is 0. The highest BCUT2D eigenvalue weighted by Crippen LogP contribution is 2.32. The molecule has 1 aromatic heterocycles. The third-order valence-electron chi connectivity index (χ3n) is 7.05. The van der Waals surface area contributed by atoms with Crippen LogP contribution in [0.5, 0.6) is 5.75 Å². The van der Waals surface area contributed by atoms with E-state index in [1.54, 1.807) is 25.1 Å². The third kappa shape index (κ3) is 6.81. The van der Waals surface area contributed by atoms with Crippen LogP contribution in [0.1, 0.15) is 55.8 Å². The molecule has 0 N–H and O–H groups in total. The number of thiazole rings is 1. The van der Waals surface area contributed by atoms with Crippen molar-refractivity contribution in [1.82, 2.24) is 4.57 Å². The normalized spacial score (nSPS) is 14.7. The van der Waals surface area contributed by atoms with Gasteiger partial charge >= 0.3 is 5.97 Å². The predicted octanol–water partition coefficient (Wildman–Crippen LogP) is 5.46. The number of esters is 1. The monoisotopic (exact) mass is 597 g/mol. The van der Waals surface area contributed by atoms with Gasteiger partial charge in [0.15, 0.2) is 4.80 Å². The lowest BCUT2D eigenvalue weighted by Gasteiger charge is -2.25. The zero-order chi connectivity index (χ0) is 30.3. The van der Waals surface area contributed by atoms with Gasteiger partial charge in [-0.3, -0.25) is 19.5 Å². The van der Waals surface area contributed by atoms with Crippen molar-refractivity contribution in [2.75, 3.05) is 6.61 Å². The molecule has 220 valence electrons. The molecule has 0 saturated heterocycles. The first-order valence-corrected chi connectivity index (χ1v) is 14.9. The molecule has 1 aliphatic heterocycles. The highest BCUT2D eigenvalue weighted by molar-refractivity contribution is 7.07. The largest absolute Gasteiger partial charge is 0.494 e. The van der Waals surface area contributed by atoms with Crippen LogP contribution in [0.2, 0.25) is 0 Å². The average Bonchev–Trinajstić information content (AvgIpc) is 3.32. The second kappa shape index (κ2) is 13.4. The molecule has 0 radical (unpaired) electrons. The molecule has 10 heteroatoms. The first-order chi connectivity index (χ1) is 20.9. The van der Waals surface area contributed by atoms with E-state index in [-0.39, 0.29) is 23.4 Å². The Morgan fingerprint density at radius 3 is 2.56 bits per heavy atom. The molecule has 3 aromatic carbocycles. The molecule has 1 unspecified atom stereocenters. The number of unbranched alkanes of at least 4 members (excludes halogenated alkanes) is 2. The van der Waals surface area contributed by atoms with Gasteiger partial charge in [-0.15, -0.1) is 0 Å². The summed E-state index contributed by atoms with van der Waals surface area (Å²) in [5, 5.41) is 11.3. The Labute approximate surface area is 252 Å². The molecule has 4 aromatic rings. The van der Waals surface area contributed by atoms with E-state index in [0.29, 0.717) is 38.5 Å². The van der Waals surface area contributed by atoms with Crippen LogP contribution in [0, 0.1) is 10.1 Å². The molecule has 0 amide bonds. The summed E-state index contributed by atoms with van der Waals surface area (Å²) >= 11 is 1.16. The Morgan fingerprint density at radius 2 is 1.84 bits per heavy atom. The smallest absolute Gasteiger partial charge is 0.338 e. The minimum Gasteiger partial charge on any atom is -0.494 e. The van der Waals surface area contributed by atoms with E-state index in [2.05, 4.69) is 11.9 Å². The third-order valence-corrected chi connectivity index (χ3v) is 8.03. The first-order valence-electron chi connectivity index (χ1n) is 14.1. The van der Waals surface area contributed by atoms with Crippen LogP contribution in [-0.2, 0) is 16.1 Å². The molecule has 5 rings (SSSR count). The molecule has 0 bridgehead atoms. The van der Waals surface area contributed by atoms with E-state index in [9.17, 15) is 19.7 Å². The number of hydrogen-bond acceptors (Lipinski definition) is 8. The van der Waals surface area contributed by atoms with Gasteiger partial charge in [0, 0.05) is 12.1 Å². The van der Waals surface area contributed by atoms with Crippen LogP contribution < -0.4 is 19.6 Å². The number of non-ortho nitro benzene ring substituents is 1. The Balaban J connectivity index is 1.55. The number of nitrogens with zero attached hydrogens (tertiary/aromatic N) is 3. The fourth-order valence-electron chi connectivity index (χ4n) is 4.87. The topological polar surface area (TPSA) is 113 Å². The molecule has 43 heavy (non-hydrogen) atoms. The van der Waals surface area contributed by atoms with Gasteiger partial charge < -0.3 is 9.47 Å². The SMILES string of the molecule is CCCCCOc1ccc(C2C(C(=O)OCc3ccccc3)=C(C)N=c3s/c(=C\c4cccc([N+](=O)[O-])c4)c(=O)n32)cc1. The van der Waals surface area contributed by atoms with Crippen LogP contribution in [0.15, 0.2) is 99.9 Å². The number of ether oxygens (including phenoxy) is 2. The van der Waals surface area contributed by atoms with E-state index in [1.165, 1.54) is 16.7 Å². The zero-order valence-corrected chi connectivity index (χ0v) is 24.7. The number of nitro groups is 1. The number of nitro benzene ring substituents is 1. The van der Waals surface area contributed by atoms with Gasteiger partial charge in [0.05, 0.1) is 33.4 Å². The van der Waals surface area contributed by atoms with Gasteiger partial charge in [-0.25, -0.2) is 9.79 Å². The van der Waals surface area contributed by atoms with Crippen molar-refractivity contribution in [1.29, 1.82) is 0 Å². The van der Waals surface area contributed by atoms with Crippen molar-refractivity contribution in [2.24, 2.45) is 4.99 Å². The highest BCUT2D eigenvalue weighted by atomic mass is 32.1. The number of allylic oxidation sites excluding steroid dienone is 1. The molecule has 0 spiro atoms. The zero-order valence-electron chi connectivity index (χ0n) is 23.9. The lowest BCUT2D eigenvalue weighted by molar-refractivity contribution is -0.384. The van der Waals surface area contributed by atoms with E-state index in [4.69, 9.17) is 9.47 Å². The van der Waals surface area contributed by atoms with E-state index in [0.717, 1.165) is 36.2 Å². The highest BCUT2D eigenvalue weighted by Gasteiger charge is 2.33. The molecular formula is C33H31N3O6S. The maximum absolute atomic E-state index is 13.9. The summed E-state index contributed by atoms with van der Waals surface area (Å²) in [5.74, 6) is 0.134. The van der Waals surface area contributed by atoms with Gasteiger partial charge in [-0.2, -0.15) is 0 Å². The summed E-state index contributed by atoms with van der Waals surface area (Å²) in [4.78, 5) is 43.4. The second-order valence-electron chi connectivity index (χ2n) is 10.1. The molecule has 1 atom stereocenters. The van der Waals surface area contributed by atoms with E-state index in [1.807, 2.05) is 54.6 Å². The van der Waals surface area contributed by atoms with Gasteiger partial charge in [-0.1, -0.05) is 85.7 Å². The van der Waals surface area contributed by atoms with Crippen molar-refractivity contribution < 1.29 is 19.2 Å². The fourth-order valence-corrected chi connectivity index (χ4v) is 5.91. The Hall–Kier alpha value is -4.83. The van der Waals surface area contributed by atoms with Crippen molar-refractivity contribution in [3.05, 3.63) is 137 Å². The van der Waals surface area contributed by atoms with Crippen molar-refractivity contribution in [3.63, 3.8) is 0 Å². The molecule has 0 aliphatic carbocycles. The lowest BCUT2D eigenvalue weighted by Crippen LogP contribution is -2.39. The molecule has 0 saturated carbocycles. The van der Waals surface area contributed by atoms with Gasteiger partial charge in [0.1, 0.15) is 12.4 Å². The van der Waals surface area contributed by atoms with Crippen LogP contribution in [0.4, 0.5) is 5.69 Å². The quantitative estimate of drug-likeness (QED) is 0.0983. The summed E-state index contributed by atoms with van der Waals surface area (Å²) in [6, 6.07) is 22.0. The summed E-state index contributed by atoms with van der Waals surface area (Å²) < 4.78 is 13.4. The van der Waals surface area contributed by atoms with E-state index < -0.39 is 16.9 Å². The second-order valence-corrected chi connectivity index (χ2v) is 11.1. The molecular weight excluding hydrogens is 566 g/mol. The number of carbonyl (C=O) groups excluding carboxylic acids is 1. The Kier molecular flexibility index (Phi) is 9.26. The molecule has 9 nitrogen and oxygen atoms in total. The van der Waals surface area contributed by atoms with Gasteiger partial charge in [0.25, 0.3) is 11.2 Å². The number of aromatic nitrogens is 1. The van der Waals surface area contributed by atoms with Crippen molar-refractivity contribution >= 4 is 29.1 Å². The number of rotatable bonds is 11. The number of benzene rings is 3. The summed E-state index contributed by atoms with van der Waals surface area (Å²) in [6.07, 6.45) is 4.75. The maximum Gasteiger partial charge on any atom is 0.338 e. The van der Waals surface area contributed by atoms with Crippen molar-refractivity contribution in [3.8, 4) is 5.75 Å². The van der Waals surface area contributed by atoms with Gasteiger partial charge in [-0.05, 0) is 48.2 Å². The number of fused-ring (bicyclic) bond motifs is 1. The van der Waals surface area contributed by atoms with Crippen LogP contribution in [0.25, 0.3) is 6.08 Å². The van der Waals surface area contributed by atoms with Gasteiger partial charge in [0.2, 0.25) is 0 Å². The van der Waals surface area contributed by atoms with E-state index >= 15 is 0 Å². The average molecular weight is 598 g/mol. The Morgan fingerprint density at radius 1 is 1.07 bits per heavy atom. The maximum atomic E-state index is 13.9. The summed E-state index contributed by atoms with van der Waals surface area (Å²) in [6.45, 7) is 4.55. The number of carbonyl (C=O) groups is 1. The lowest BCUT2D eigenvalue weighted by atomic mass is 9.96. The van der Waals surface area contributed by atoms with Crippen LogP contribution in [-0.4, -0.2) is 22.1 Å². The van der Waals surface area contributed by atoms with Crippen LogP contribution >= 0.6 is 11.3 Å². The molecule has 2 heterocycles. The molecule has 1 aliphatic rings. The van der Waals surface area contributed by atoms with Crippen molar-refractivity contribution in [2.45, 2.75) is 45.8 Å². The predicted molar refractivity (Wildman–Crippen MR) is 165 cm³/mol. The molecule has 0 fully saturated rings. The standard InChI is InChI=1S/C33H31N3O6S/c1-3-4-8-18-41-27-16-14-25(15-17-27)30-29(32(38)42-21-23-10-6-5-7-11-23)22(2)34-33-35(30)31(37)28(43-33)20-24-12-9-13-26(19-24)36(39)40/h5-7,9-17,19-20,30H,3-4,8,18,21H2,1-2H3/b28-20-. The fraction of sp³-hybridized carbons (Fsp3) is 0.242. The first kappa shape index (κ1) is 29.7. The summed E-state index contributed by atoms with van der Waals surface area (Å²) in [7, 11) is 0. The van der Waals surface area contributed by atoms with Crippen LogP contribution in [0.3, 0.4) is 0 Å². The summed E-state index contributed by atoms with van der Waals surface area (Å²) in [5.41, 5.74) is 2.33.